The molecule has 3 aromatic carbocycles. The molecule has 5 N–H and O–H groups in total. The van der Waals surface area contributed by atoms with Crippen molar-refractivity contribution in [2.75, 3.05) is 11.1 Å². The molecule has 1 aliphatic rings. The summed E-state index contributed by atoms with van der Waals surface area (Å²) in [4.78, 5) is 20.7. The Bertz CT molecular complexity index is 1320. The Morgan fingerprint density at radius 2 is 1.53 bits per heavy atom. The van der Waals surface area contributed by atoms with Crippen molar-refractivity contribution in [1.82, 2.24) is 9.97 Å². The van der Waals surface area contributed by atoms with Crippen LogP contribution < -0.4 is 26.3 Å². The topological polar surface area (TPSA) is 125 Å². The summed E-state index contributed by atoms with van der Waals surface area (Å²) in [5.74, 6) is 2.34. The van der Waals surface area contributed by atoms with Gasteiger partial charge in [-0.3, -0.25) is 4.79 Å². The fraction of sp³-hybridized carbons (Fsp3) is 0.115. The quantitative estimate of drug-likeness (QED) is 0.369. The fourth-order valence-electron chi connectivity index (χ4n) is 3.41. The highest BCUT2D eigenvalue weighted by molar-refractivity contribution is 6.00. The molecule has 1 heterocycles. The van der Waals surface area contributed by atoms with Gasteiger partial charge in [-0.2, -0.15) is 0 Å². The van der Waals surface area contributed by atoms with Crippen LogP contribution in [0.4, 0.5) is 11.5 Å². The van der Waals surface area contributed by atoms with Crippen LogP contribution >= 0.6 is 0 Å². The standard InChI is InChI=1S/C26H23N5O3/c27-23-22(17-5-4-6-18(15-17)31-25(32)26(28)13-14-26)24(30-16-29-23)34-21-11-9-20(10-12-21)33-19-7-2-1-3-8-19/h1-12,15-16H,13-14,28H2,(H,31,32)(H2,27,29,30). The van der Waals surface area contributed by atoms with Crippen LogP contribution in [0.2, 0.25) is 0 Å². The zero-order valence-electron chi connectivity index (χ0n) is 18.3. The predicted octanol–water partition coefficient (Wildman–Crippen LogP) is 4.74. The molecule has 0 atom stereocenters. The van der Waals surface area contributed by atoms with Crippen LogP contribution in [0.3, 0.4) is 0 Å². The minimum absolute atomic E-state index is 0.198. The molecule has 8 heteroatoms. The molecule has 0 aliphatic heterocycles. The highest BCUT2D eigenvalue weighted by atomic mass is 16.5. The molecule has 5 rings (SSSR count). The number of rotatable bonds is 7. The second-order valence-corrected chi connectivity index (χ2v) is 8.12. The van der Waals surface area contributed by atoms with Crippen molar-refractivity contribution in [3.8, 4) is 34.3 Å². The van der Waals surface area contributed by atoms with E-state index in [1.165, 1.54) is 6.33 Å². The van der Waals surface area contributed by atoms with Gasteiger partial charge in [-0.25, -0.2) is 9.97 Å². The molecule has 34 heavy (non-hydrogen) atoms. The third kappa shape index (κ3) is 4.67. The lowest BCUT2D eigenvalue weighted by Crippen LogP contribution is -2.37. The number of carbonyl (C=O) groups excluding carboxylic acids is 1. The molecule has 0 bridgehead atoms. The highest BCUT2D eigenvalue weighted by Gasteiger charge is 2.45. The number of nitrogens with zero attached hydrogens (tertiary/aromatic N) is 2. The number of carbonyl (C=O) groups is 1. The third-order valence-electron chi connectivity index (χ3n) is 5.51. The van der Waals surface area contributed by atoms with Crippen molar-refractivity contribution < 1.29 is 14.3 Å². The molecule has 0 spiro atoms. The van der Waals surface area contributed by atoms with E-state index >= 15 is 0 Å². The molecule has 4 aromatic rings. The number of anilines is 2. The summed E-state index contributed by atoms with van der Waals surface area (Å²) >= 11 is 0. The predicted molar refractivity (Wildman–Crippen MR) is 130 cm³/mol. The number of aromatic nitrogens is 2. The lowest BCUT2D eigenvalue weighted by atomic mass is 10.1. The SMILES string of the molecule is Nc1ncnc(Oc2ccc(Oc3ccccc3)cc2)c1-c1cccc(NC(=O)C2(N)CC2)c1. The highest BCUT2D eigenvalue weighted by Crippen LogP contribution is 2.37. The molecular formula is C26H23N5O3. The van der Waals surface area contributed by atoms with Crippen LogP contribution in [0.5, 0.6) is 23.1 Å². The van der Waals surface area contributed by atoms with Gasteiger partial charge in [-0.15, -0.1) is 0 Å². The summed E-state index contributed by atoms with van der Waals surface area (Å²) < 4.78 is 11.9. The Kier molecular flexibility index (Phi) is 5.57. The first-order valence-corrected chi connectivity index (χ1v) is 10.8. The summed E-state index contributed by atoms with van der Waals surface area (Å²) in [5, 5.41) is 2.87. The average Bonchev–Trinajstić information content (AvgIpc) is 3.60. The first kappa shape index (κ1) is 21.4. The van der Waals surface area contributed by atoms with Crippen LogP contribution in [-0.4, -0.2) is 21.4 Å². The molecule has 0 radical (unpaired) electrons. The van der Waals surface area contributed by atoms with Gasteiger partial charge in [-0.1, -0.05) is 30.3 Å². The van der Waals surface area contributed by atoms with Crippen molar-refractivity contribution in [3.05, 3.63) is 85.2 Å². The van der Waals surface area contributed by atoms with Crippen molar-refractivity contribution in [3.63, 3.8) is 0 Å². The van der Waals surface area contributed by atoms with Gasteiger partial charge in [0.15, 0.2) is 0 Å². The van der Waals surface area contributed by atoms with Crippen molar-refractivity contribution in [1.29, 1.82) is 0 Å². The number of hydrogen-bond acceptors (Lipinski definition) is 7. The molecule has 1 aliphatic carbocycles. The Labute approximate surface area is 196 Å². The zero-order valence-corrected chi connectivity index (χ0v) is 18.3. The lowest BCUT2D eigenvalue weighted by Gasteiger charge is -2.14. The molecular weight excluding hydrogens is 430 g/mol. The minimum Gasteiger partial charge on any atom is -0.457 e. The van der Waals surface area contributed by atoms with Gasteiger partial charge in [0, 0.05) is 5.69 Å². The molecule has 1 amide bonds. The Balaban J connectivity index is 1.37. The number of nitrogen functional groups attached to an aromatic ring is 1. The van der Waals surface area contributed by atoms with Crippen LogP contribution in [0, 0.1) is 0 Å². The van der Waals surface area contributed by atoms with Crippen molar-refractivity contribution in [2.24, 2.45) is 5.73 Å². The van der Waals surface area contributed by atoms with E-state index in [4.69, 9.17) is 20.9 Å². The van der Waals surface area contributed by atoms with E-state index in [0.717, 1.165) is 5.75 Å². The number of benzene rings is 3. The number of amides is 1. The van der Waals surface area contributed by atoms with Crippen LogP contribution in [-0.2, 0) is 4.79 Å². The van der Waals surface area contributed by atoms with Crippen LogP contribution in [0.1, 0.15) is 12.8 Å². The van der Waals surface area contributed by atoms with E-state index < -0.39 is 5.54 Å². The van der Waals surface area contributed by atoms with Gasteiger partial charge in [0.2, 0.25) is 11.8 Å². The smallest absolute Gasteiger partial charge is 0.244 e. The maximum atomic E-state index is 12.3. The van der Waals surface area contributed by atoms with Crippen molar-refractivity contribution >= 4 is 17.4 Å². The zero-order chi connectivity index (χ0) is 23.5. The van der Waals surface area contributed by atoms with E-state index in [2.05, 4.69) is 15.3 Å². The van der Waals surface area contributed by atoms with Crippen LogP contribution in [0.15, 0.2) is 85.2 Å². The Morgan fingerprint density at radius 3 is 2.24 bits per heavy atom. The second kappa shape index (κ2) is 8.84. The number of hydrogen-bond donors (Lipinski definition) is 3. The monoisotopic (exact) mass is 453 g/mol. The fourth-order valence-corrected chi connectivity index (χ4v) is 3.41. The molecule has 1 saturated carbocycles. The first-order chi connectivity index (χ1) is 16.5. The molecule has 170 valence electrons. The first-order valence-electron chi connectivity index (χ1n) is 10.8. The van der Waals surface area contributed by atoms with Gasteiger partial charge in [0.25, 0.3) is 0 Å². The summed E-state index contributed by atoms with van der Waals surface area (Å²) in [5.41, 5.74) is 13.3. The van der Waals surface area contributed by atoms with E-state index in [1.807, 2.05) is 54.6 Å². The Hall–Kier alpha value is -4.43. The van der Waals surface area contributed by atoms with Gasteiger partial charge in [0.1, 0.15) is 29.4 Å². The molecule has 1 aromatic heterocycles. The van der Waals surface area contributed by atoms with E-state index in [1.54, 1.807) is 24.3 Å². The van der Waals surface area contributed by atoms with Crippen LogP contribution in [0.25, 0.3) is 11.1 Å². The van der Waals surface area contributed by atoms with Gasteiger partial charge in [0.05, 0.1) is 11.1 Å². The summed E-state index contributed by atoms with van der Waals surface area (Å²) in [6.45, 7) is 0. The number of nitrogens with one attached hydrogen (secondary N) is 1. The second-order valence-electron chi connectivity index (χ2n) is 8.12. The van der Waals surface area contributed by atoms with Gasteiger partial charge in [-0.05, 0) is 66.9 Å². The van der Waals surface area contributed by atoms with E-state index in [-0.39, 0.29) is 11.7 Å². The normalized spacial score (nSPS) is 13.7. The summed E-state index contributed by atoms with van der Waals surface area (Å²) in [6.07, 6.45) is 2.72. The minimum atomic E-state index is -0.768. The van der Waals surface area contributed by atoms with Gasteiger partial charge >= 0.3 is 0 Å². The molecule has 0 saturated heterocycles. The number of ether oxygens (including phenoxy) is 2. The number of nitrogens with two attached hydrogens (primary N) is 2. The molecule has 8 nitrogen and oxygen atoms in total. The molecule has 0 unspecified atom stereocenters. The summed E-state index contributed by atoms with van der Waals surface area (Å²) in [7, 11) is 0. The Morgan fingerprint density at radius 1 is 0.853 bits per heavy atom. The third-order valence-corrected chi connectivity index (χ3v) is 5.51. The van der Waals surface area contributed by atoms with Crippen molar-refractivity contribution in [2.45, 2.75) is 18.4 Å². The van der Waals surface area contributed by atoms with E-state index in [9.17, 15) is 4.79 Å². The maximum Gasteiger partial charge on any atom is 0.244 e. The van der Waals surface area contributed by atoms with E-state index in [0.29, 0.717) is 47.0 Å². The largest absolute Gasteiger partial charge is 0.457 e. The average molecular weight is 454 g/mol. The van der Waals surface area contributed by atoms with Gasteiger partial charge < -0.3 is 26.3 Å². The summed E-state index contributed by atoms with van der Waals surface area (Å²) in [6, 6.07) is 24.0. The maximum absolute atomic E-state index is 12.3. The molecule has 1 fully saturated rings. The number of para-hydroxylation sites is 1. The lowest BCUT2D eigenvalue weighted by molar-refractivity contribution is -0.118.